The van der Waals surface area contributed by atoms with Crippen LogP contribution in [0.1, 0.15) is 6.92 Å². The molecule has 1 N–H and O–H groups in total. The van der Waals surface area contributed by atoms with Crippen molar-refractivity contribution in [3.63, 3.8) is 0 Å². The second-order valence-electron chi connectivity index (χ2n) is 2.70. The van der Waals surface area contributed by atoms with Crippen LogP contribution < -0.4 is 5.32 Å². The Kier molecular flexibility index (Phi) is 5.04. The third-order valence-corrected chi connectivity index (χ3v) is 3.03. The van der Waals surface area contributed by atoms with Gasteiger partial charge in [-0.1, -0.05) is 22.0 Å². The highest BCUT2D eigenvalue weighted by Crippen LogP contribution is 2.21. The molecule has 0 aromatic heterocycles. The minimum Gasteiger partial charge on any atom is -0.356 e. The quantitative estimate of drug-likeness (QED) is 0.855. The summed E-state index contributed by atoms with van der Waals surface area (Å²) in [4.78, 5) is 12.3. The van der Waals surface area contributed by atoms with Gasteiger partial charge in [0.2, 0.25) is 5.91 Å². The van der Waals surface area contributed by atoms with Crippen molar-refractivity contribution in [1.29, 1.82) is 0 Å². The molecule has 0 saturated heterocycles. The lowest BCUT2D eigenvalue weighted by atomic mass is 10.4. The highest BCUT2D eigenvalue weighted by molar-refractivity contribution is 9.10. The van der Waals surface area contributed by atoms with Gasteiger partial charge in [0, 0.05) is 15.9 Å². The first-order valence-corrected chi connectivity index (χ1v) is 6.15. The molecule has 0 atom stereocenters. The number of amides is 1. The highest BCUT2D eigenvalue weighted by Gasteiger charge is 2.00. The van der Waals surface area contributed by atoms with Crippen molar-refractivity contribution in [2.24, 2.45) is 0 Å². The zero-order valence-corrected chi connectivity index (χ0v) is 10.3. The first kappa shape index (κ1) is 11.6. The number of benzene rings is 1. The summed E-state index contributed by atoms with van der Waals surface area (Å²) in [5.74, 6) is 0.557. The maximum absolute atomic E-state index is 11.2. The molecule has 2 nitrogen and oxygen atoms in total. The van der Waals surface area contributed by atoms with Crippen molar-refractivity contribution in [3.8, 4) is 0 Å². The van der Waals surface area contributed by atoms with E-state index in [2.05, 4.69) is 21.2 Å². The molecule has 1 amide bonds. The number of carbonyl (C=O) groups excluding carboxylic acids is 1. The standard InChI is InChI=1S/C10H12BrNOS/c1-2-12-10(13)7-14-9-5-3-4-8(11)6-9/h3-6H,2,7H2,1H3,(H,12,13). The lowest BCUT2D eigenvalue weighted by Crippen LogP contribution is -2.24. The molecule has 0 bridgehead atoms. The third-order valence-electron chi connectivity index (χ3n) is 1.54. The van der Waals surface area contributed by atoms with E-state index in [1.54, 1.807) is 11.8 Å². The molecule has 0 fully saturated rings. The fourth-order valence-corrected chi connectivity index (χ4v) is 2.29. The van der Waals surface area contributed by atoms with Crippen molar-refractivity contribution in [2.75, 3.05) is 12.3 Å². The number of halogens is 1. The topological polar surface area (TPSA) is 29.1 Å². The van der Waals surface area contributed by atoms with E-state index in [4.69, 9.17) is 0 Å². The summed E-state index contributed by atoms with van der Waals surface area (Å²) in [5, 5.41) is 2.76. The highest BCUT2D eigenvalue weighted by atomic mass is 79.9. The smallest absolute Gasteiger partial charge is 0.230 e. The van der Waals surface area contributed by atoms with Gasteiger partial charge in [0.15, 0.2) is 0 Å². The molecule has 0 saturated carbocycles. The molecule has 0 heterocycles. The number of hydrogen-bond acceptors (Lipinski definition) is 2. The molecule has 1 rings (SSSR count). The van der Waals surface area contributed by atoms with Crippen LogP contribution in [0.5, 0.6) is 0 Å². The van der Waals surface area contributed by atoms with Gasteiger partial charge in [-0.05, 0) is 25.1 Å². The van der Waals surface area contributed by atoms with E-state index < -0.39 is 0 Å². The van der Waals surface area contributed by atoms with E-state index in [9.17, 15) is 4.79 Å². The van der Waals surface area contributed by atoms with Gasteiger partial charge in [0.05, 0.1) is 5.75 Å². The Morgan fingerprint density at radius 2 is 2.36 bits per heavy atom. The van der Waals surface area contributed by atoms with E-state index in [0.29, 0.717) is 12.3 Å². The molecule has 76 valence electrons. The summed E-state index contributed by atoms with van der Waals surface area (Å²) in [6, 6.07) is 7.93. The third kappa shape index (κ3) is 4.15. The van der Waals surface area contributed by atoms with Gasteiger partial charge in [-0.25, -0.2) is 0 Å². The fourth-order valence-electron chi connectivity index (χ4n) is 0.954. The van der Waals surface area contributed by atoms with Crippen molar-refractivity contribution in [2.45, 2.75) is 11.8 Å². The van der Waals surface area contributed by atoms with Crippen LogP contribution in [-0.2, 0) is 4.79 Å². The normalized spacial score (nSPS) is 9.86. The van der Waals surface area contributed by atoms with Crippen LogP contribution in [0, 0.1) is 0 Å². The zero-order chi connectivity index (χ0) is 10.4. The summed E-state index contributed by atoms with van der Waals surface area (Å²) >= 11 is 4.93. The maximum Gasteiger partial charge on any atom is 0.230 e. The van der Waals surface area contributed by atoms with Crippen LogP contribution in [0.4, 0.5) is 0 Å². The Bertz CT molecular complexity index is 317. The van der Waals surface area contributed by atoms with Crippen molar-refractivity contribution >= 4 is 33.6 Å². The lowest BCUT2D eigenvalue weighted by molar-refractivity contribution is -0.118. The van der Waals surface area contributed by atoms with Crippen LogP contribution >= 0.6 is 27.7 Å². The summed E-state index contributed by atoms with van der Waals surface area (Å²) in [7, 11) is 0. The monoisotopic (exact) mass is 273 g/mol. The average Bonchev–Trinajstić information content (AvgIpc) is 2.15. The number of carbonyl (C=O) groups is 1. The number of nitrogens with one attached hydrogen (secondary N) is 1. The Labute approximate surface area is 96.6 Å². The molecule has 1 aromatic rings. The summed E-state index contributed by atoms with van der Waals surface area (Å²) in [5.41, 5.74) is 0. The second kappa shape index (κ2) is 6.09. The van der Waals surface area contributed by atoms with Gasteiger partial charge in [-0.2, -0.15) is 0 Å². The molecule has 4 heteroatoms. The molecule has 1 aromatic carbocycles. The van der Waals surface area contributed by atoms with Crippen molar-refractivity contribution in [3.05, 3.63) is 28.7 Å². The molecule has 0 aliphatic heterocycles. The zero-order valence-electron chi connectivity index (χ0n) is 7.92. The van der Waals surface area contributed by atoms with E-state index in [1.165, 1.54) is 0 Å². The van der Waals surface area contributed by atoms with Gasteiger partial charge in [0.1, 0.15) is 0 Å². The van der Waals surface area contributed by atoms with Crippen molar-refractivity contribution in [1.82, 2.24) is 5.32 Å². The van der Waals surface area contributed by atoms with Gasteiger partial charge < -0.3 is 5.32 Å². The van der Waals surface area contributed by atoms with E-state index in [1.807, 2.05) is 31.2 Å². The van der Waals surface area contributed by atoms with Gasteiger partial charge in [-0.3, -0.25) is 4.79 Å². The predicted molar refractivity (Wildman–Crippen MR) is 63.5 cm³/mol. The number of thioether (sulfide) groups is 1. The molecule has 0 aliphatic rings. The molecule has 0 aliphatic carbocycles. The molecular weight excluding hydrogens is 262 g/mol. The minimum atomic E-state index is 0.0810. The Hall–Kier alpha value is -0.480. The average molecular weight is 274 g/mol. The Balaban J connectivity index is 2.41. The fraction of sp³-hybridized carbons (Fsp3) is 0.300. The van der Waals surface area contributed by atoms with Gasteiger partial charge in [0.25, 0.3) is 0 Å². The van der Waals surface area contributed by atoms with Crippen molar-refractivity contribution < 1.29 is 4.79 Å². The first-order chi connectivity index (χ1) is 6.72. The molecule has 0 radical (unpaired) electrons. The maximum atomic E-state index is 11.2. The van der Waals surface area contributed by atoms with Crippen LogP contribution in [0.15, 0.2) is 33.6 Å². The molecule has 0 spiro atoms. The summed E-state index contributed by atoms with van der Waals surface area (Å²) in [6.45, 7) is 2.61. The molecule has 0 unspecified atom stereocenters. The van der Waals surface area contributed by atoms with Crippen LogP contribution in [-0.4, -0.2) is 18.2 Å². The Morgan fingerprint density at radius 3 is 3.00 bits per heavy atom. The molecule has 14 heavy (non-hydrogen) atoms. The predicted octanol–water partition coefficient (Wildman–Crippen LogP) is 2.68. The summed E-state index contributed by atoms with van der Waals surface area (Å²) in [6.07, 6.45) is 0. The largest absolute Gasteiger partial charge is 0.356 e. The van der Waals surface area contributed by atoms with Crippen LogP contribution in [0.2, 0.25) is 0 Å². The van der Waals surface area contributed by atoms with E-state index in [0.717, 1.165) is 9.37 Å². The van der Waals surface area contributed by atoms with Gasteiger partial charge >= 0.3 is 0 Å². The van der Waals surface area contributed by atoms with Gasteiger partial charge in [-0.15, -0.1) is 11.8 Å². The van der Waals surface area contributed by atoms with E-state index in [-0.39, 0.29) is 5.91 Å². The Morgan fingerprint density at radius 1 is 1.57 bits per heavy atom. The minimum absolute atomic E-state index is 0.0810. The second-order valence-corrected chi connectivity index (χ2v) is 4.66. The van der Waals surface area contributed by atoms with Crippen LogP contribution in [0.25, 0.3) is 0 Å². The number of rotatable bonds is 4. The number of hydrogen-bond donors (Lipinski definition) is 1. The summed E-state index contributed by atoms with van der Waals surface area (Å²) < 4.78 is 1.04. The first-order valence-electron chi connectivity index (χ1n) is 4.37. The van der Waals surface area contributed by atoms with E-state index >= 15 is 0 Å². The SMILES string of the molecule is CCNC(=O)CSc1cccc(Br)c1. The van der Waals surface area contributed by atoms with Crippen LogP contribution in [0.3, 0.4) is 0 Å². The molecular formula is C10H12BrNOS. The lowest BCUT2D eigenvalue weighted by Gasteiger charge is -2.02.